The third-order valence-electron chi connectivity index (χ3n) is 5.65. The second kappa shape index (κ2) is 9.09. The number of benzene rings is 2. The molecule has 29 heavy (non-hydrogen) atoms. The van der Waals surface area contributed by atoms with E-state index in [4.69, 9.17) is 21.0 Å². The largest absolute Gasteiger partial charge is 0.460 e. The summed E-state index contributed by atoms with van der Waals surface area (Å²) < 4.78 is 10.6. The lowest BCUT2D eigenvalue weighted by atomic mass is 9.65. The zero-order valence-electron chi connectivity index (χ0n) is 16.4. The SMILES string of the molecule is C#COc1ccc(C2(c3ccc(OC#CO)c(C=C)c3)CCCCC2)cc1C=C. The first-order valence-corrected chi connectivity index (χ1v) is 9.66. The molecule has 0 unspecified atom stereocenters. The molecule has 0 amide bonds. The minimum absolute atomic E-state index is 0.121. The van der Waals surface area contributed by atoms with Gasteiger partial charge in [0.05, 0.1) is 0 Å². The predicted molar refractivity (Wildman–Crippen MR) is 117 cm³/mol. The summed E-state index contributed by atoms with van der Waals surface area (Å²) in [5, 5.41) is 8.71. The molecule has 1 aliphatic rings. The molecule has 0 radical (unpaired) electrons. The normalized spacial score (nSPS) is 14.6. The van der Waals surface area contributed by atoms with E-state index in [0.717, 1.165) is 36.8 Å². The van der Waals surface area contributed by atoms with Gasteiger partial charge in [0.1, 0.15) is 17.6 Å². The number of ether oxygens (including phenoxy) is 2. The minimum Gasteiger partial charge on any atom is -0.460 e. The summed E-state index contributed by atoms with van der Waals surface area (Å²) in [6.07, 6.45) is 20.7. The molecule has 0 atom stereocenters. The van der Waals surface area contributed by atoms with Gasteiger partial charge in [-0.25, -0.2) is 0 Å². The maximum absolute atomic E-state index is 8.71. The fourth-order valence-electron chi connectivity index (χ4n) is 4.24. The standard InChI is InChI=1S/C26H24O3/c1-4-20-18-22(10-12-24(20)28-6-3)26(14-8-7-9-15-26)23-11-13-25(29-17-16-27)21(5-2)19-23/h3-5,10-13,18-19,27H,1-2,7-9,14-15H2. The number of rotatable bonds is 6. The fraction of sp³-hybridized carbons (Fsp3) is 0.231. The van der Waals surface area contributed by atoms with Crippen LogP contribution in [-0.2, 0) is 5.41 Å². The average Bonchev–Trinajstić information content (AvgIpc) is 2.78. The van der Waals surface area contributed by atoms with E-state index >= 15 is 0 Å². The van der Waals surface area contributed by atoms with Crippen LogP contribution in [0.2, 0.25) is 0 Å². The van der Waals surface area contributed by atoms with Crippen molar-refractivity contribution in [1.29, 1.82) is 0 Å². The van der Waals surface area contributed by atoms with Crippen molar-refractivity contribution >= 4 is 12.2 Å². The van der Waals surface area contributed by atoms with Crippen molar-refractivity contribution in [3.05, 3.63) is 71.8 Å². The highest BCUT2D eigenvalue weighted by Crippen LogP contribution is 2.46. The molecule has 1 fully saturated rings. The summed E-state index contributed by atoms with van der Waals surface area (Å²) in [4.78, 5) is 0. The average molecular weight is 384 g/mol. The molecule has 2 aromatic carbocycles. The Morgan fingerprint density at radius 3 is 1.93 bits per heavy atom. The monoisotopic (exact) mass is 384 g/mol. The maximum atomic E-state index is 8.71. The van der Waals surface area contributed by atoms with Gasteiger partial charge in [-0.2, -0.15) is 0 Å². The van der Waals surface area contributed by atoms with Gasteiger partial charge in [-0.15, -0.1) is 0 Å². The van der Waals surface area contributed by atoms with Crippen LogP contribution >= 0.6 is 0 Å². The van der Waals surface area contributed by atoms with Crippen molar-refractivity contribution in [3.63, 3.8) is 0 Å². The summed E-state index contributed by atoms with van der Waals surface area (Å²) in [7, 11) is 0. The van der Waals surface area contributed by atoms with Crippen LogP contribution in [0.1, 0.15) is 54.4 Å². The van der Waals surface area contributed by atoms with Crippen molar-refractivity contribution in [2.45, 2.75) is 37.5 Å². The van der Waals surface area contributed by atoms with Crippen LogP contribution in [0.4, 0.5) is 0 Å². The zero-order chi connectivity index (χ0) is 20.7. The third-order valence-corrected chi connectivity index (χ3v) is 5.65. The molecule has 0 aromatic heterocycles. The molecule has 1 N–H and O–H groups in total. The van der Waals surface area contributed by atoms with Crippen LogP contribution < -0.4 is 9.47 Å². The first-order chi connectivity index (χ1) is 14.2. The Morgan fingerprint density at radius 2 is 1.45 bits per heavy atom. The molecule has 3 rings (SSSR count). The molecule has 0 spiro atoms. The highest BCUT2D eigenvalue weighted by atomic mass is 16.5. The number of aliphatic hydroxyl groups excluding tert-OH is 1. The molecule has 1 aliphatic carbocycles. The number of hydrogen-bond donors (Lipinski definition) is 1. The molecule has 1 saturated carbocycles. The van der Waals surface area contributed by atoms with Gasteiger partial charge in [-0.3, -0.25) is 0 Å². The van der Waals surface area contributed by atoms with Gasteiger partial charge < -0.3 is 14.6 Å². The summed E-state index contributed by atoms with van der Waals surface area (Å²) in [5.41, 5.74) is 4.02. The molecule has 3 heteroatoms. The summed E-state index contributed by atoms with van der Waals surface area (Å²) >= 11 is 0. The van der Waals surface area contributed by atoms with Crippen LogP contribution in [-0.4, -0.2) is 5.11 Å². The molecule has 0 saturated heterocycles. The van der Waals surface area contributed by atoms with Gasteiger partial charge in [0.2, 0.25) is 0 Å². The lowest BCUT2D eigenvalue weighted by molar-refractivity contribution is 0.345. The topological polar surface area (TPSA) is 38.7 Å². The first-order valence-electron chi connectivity index (χ1n) is 9.66. The van der Waals surface area contributed by atoms with Gasteiger partial charge in [-0.05, 0) is 48.2 Å². The smallest absolute Gasteiger partial charge is 0.160 e. The number of terminal acetylenes is 1. The van der Waals surface area contributed by atoms with Crippen LogP contribution in [0.15, 0.2) is 49.6 Å². The van der Waals surface area contributed by atoms with Gasteiger partial charge >= 0.3 is 0 Å². The second-order valence-electron chi connectivity index (χ2n) is 7.09. The van der Waals surface area contributed by atoms with Crippen LogP contribution in [0.25, 0.3) is 12.2 Å². The Labute approximate surface area is 172 Å². The van der Waals surface area contributed by atoms with E-state index in [1.165, 1.54) is 17.5 Å². The van der Waals surface area contributed by atoms with E-state index in [0.29, 0.717) is 11.5 Å². The van der Waals surface area contributed by atoms with Crippen molar-refractivity contribution in [3.8, 4) is 36.2 Å². The Kier molecular flexibility index (Phi) is 6.32. The highest BCUT2D eigenvalue weighted by Gasteiger charge is 2.36. The van der Waals surface area contributed by atoms with Crippen LogP contribution in [0, 0.1) is 24.7 Å². The molecule has 2 aromatic rings. The molecule has 0 aliphatic heterocycles. The Bertz CT molecular complexity index is 1010. The Hall–Kier alpha value is -3.56. The van der Waals surface area contributed by atoms with Crippen molar-refractivity contribution in [2.24, 2.45) is 0 Å². The zero-order valence-corrected chi connectivity index (χ0v) is 16.4. The van der Waals surface area contributed by atoms with E-state index in [2.05, 4.69) is 49.6 Å². The van der Waals surface area contributed by atoms with Gasteiger partial charge in [-0.1, -0.05) is 63.1 Å². The quantitative estimate of drug-likeness (QED) is 0.634. The summed E-state index contributed by atoms with van der Waals surface area (Å²) in [6.45, 7) is 7.81. The second-order valence-corrected chi connectivity index (χ2v) is 7.09. The minimum atomic E-state index is -0.121. The Morgan fingerprint density at radius 1 is 0.897 bits per heavy atom. The predicted octanol–water partition coefficient (Wildman–Crippen LogP) is 5.86. The highest BCUT2D eigenvalue weighted by molar-refractivity contribution is 5.62. The first kappa shape index (κ1) is 20.2. The van der Waals surface area contributed by atoms with Gasteiger partial charge in [0, 0.05) is 16.5 Å². The molecular weight excluding hydrogens is 360 g/mol. The fourth-order valence-corrected chi connectivity index (χ4v) is 4.24. The summed E-state index contributed by atoms with van der Waals surface area (Å²) in [5.74, 6) is 1.20. The molecule has 146 valence electrons. The molecular formula is C26H24O3. The number of aliphatic hydroxyl groups is 1. The van der Waals surface area contributed by atoms with Crippen molar-refractivity contribution < 1.29 is 14.6 Å². The molecule has 3 nitrogen and oxygen atoms in total. The van der Waals surface area contributed by atoms with Crippen molar-refractivity contribution in [1.82, 2.24) is 0 Å². The lowest BCUT2D eigenvalue weighted by Crippen LogP contribution is -2.30. The lowest BCUT2D eigenvalue weighted by Gasteiger charge is -2.39. The van der Waals surface area contributed by atoms with E-state index in [9.17, 15) is 0 Å². The Balaban J connectivity index is 2.13. The molecule has 0 bridgehead atoms. The van der Waals surface area contributed by atoms with Crippen LogP contribution in [0.5, 0.6) is 11.5 Å². The van der Waals surface area contributed by atoms with E-state index in [1.807, 2.05) is 12.1 Å². The summed E-state index contributed by atoms with van der Waals surface area (Å²) in [6, 6.07) is 12.2. The van der Waals surface area contributed by atoms with Crippen molar-refractivity contribution in [2.75, 3.05) is 0 Å². The van der Waals surface area contributed by atoms with E-state index in [-0.39, 0.29) is 5.41 Å². The maximum Gasteiger partial charge on any atom is 0.160 e. The van der Waals surface area contributed by atoms with Gasteiger partial charge in [0.15, 0.2) is 12.2 Å². The van der Waals surface area contributed by atoms with Crippen LogP contribution in [0.3, 0.4) is 0 Å². The third kappa shape index (κ3) is 4.00. The van der Waals surface area contributed by atoms with E-state index in [1.54, 1.807) is 18.3 Å². The number of hydrogen-bond acceptors (Lipinski definition) is 3. The van der Waals surface area contributed by atoms with E-state index < -0.39 is 0 Å². The molecule has 0 heterocycles. The van der Waals surface area contributed by atoms with Gasteiger partial charge in [0.25, 0.3) is 0 Å².